The second-order valence-corrected chi connectivity index (χ2v) is 5.89. The van der Waals surface area contributed by atoms with Gasteiger partial charge in [0, 0.05) is 24.1 Å². The molecule has 1 heterocycles. The van der Waals surface area contributed by atoms with E-state index >= 15 is 0 Å². The second kappa shape index (κ2) is 6.46. The molecule has 0 radical (unpaired) electrons. The average molecular weight is 279 g/mol. The van der Waals surface area contributed by atoms with Gasteiger partial charge in [-0.1, -0.05) is 0 Å². The number of ketones is 1. The van der Waals surface area contributed by atoms with Gasteiger partial charge in [0.25, 0.3) is 0 Å². The fourth-order valence-corrected chi connectivity index (χ4v) is 2.52. The molecule has 0 spiro atoms. The molecule has 0 saturated carbocycles. The third kappa shape index (κ3) is 3.87. The lowest BCUT2D eigenvalue weighted by molar-refractivity contribution is -0.0511. The zero-order chi connectivity index (χ0) is 14.6. The minimum atomic E-state index is -0.309. The first kappa shape index (κ1) is 15.1. The van der Waals surface area contributed by atoms with Gasteiger partial charge in [-0.15, -0.1) is 0 Å². The van der Waals surface area contributed by atoms with E-state index in [9.17, 15) is 9.18 Å². The molecular formula is C16H22FNO2. The summed E-state index contributed by atoms with van der Waals surface area (Å²) < 4.78 is 18.3. The van der Waals surface area contributed by atoms with E-state index in [0.717, 1.165) is 32.7 Å². The predicted octanol–water partition coefficient (Wildman–Crippen LogP) is 2.90. The SMILES string of the molecule is CC1(C)COCCN1CCCC(=O)c1ccc(F)cc1. The molecule has 3 nitrogen and oxygen atoms in total. The molecule has 1 aromatic rings. The van der Waals surface area contributed by atoms with Crippen LogP contribution in [0.3, 0.4) is 0 Å². The molecule has 0 N–H and O–H groups in total. The Morgan fingerprint density at radius 2 is 2.05 bits per heavy atom. The highest BCUT2D eigenvalue weighted by Crippen LogP contribution is 2.19. The molecule has 0 atom stereocenters. The van der Waals surface area contributed by atoms with Crippen molar-refractivity contribution in [3.8, 4) is 0 Å². The standard InChI is InChI=1S/C16H22FNO2/c1-16(2)12-20-11-10-18(16)9-3-4-15(19)13-5-7-14(17)8-6-13/h5-8H,3-4,9-12H2,1-2H3. The van der Waals surface area contributed by atoms with Gasteiger partial charge in [-0.2, -0.15) is 0 Å². The van der Waals surface area contributed by atoms with Gasteiger partial charge in [-0.05, 0) is 51.1 Å². The predicted molar refractivity (Wildman–Crippen MR) is 76.4 cm³/mol. The molecular weight excluding hydrogens is 257 g/mol. The van der Waals surface area contributed by atoms with Gasteiger partial charge >= 0.3 is 0 Å². The Labute approximate surface area is 119 Å². The number of rotatable bonds is 5. The quantitative estimate of drug-likeness (QED) is 0.776. The lowest BCUT2D eigenvalue weighted by atomic mass is 10.0. The summed E-state index contributed by atoms with van der Waals surface area (Å²) >= 11 is 0. The van der Waals surface area contributed by atoms with Crippen molar-refractivity contribution in [1.29, 1.82) is 0 Å². The number of benzene rings is 1. The van der Waals surface area contributed by atoms with Gasteiger partial charge in [-0.25, -0.2) is 4.39 Å². The Kier molecular flexibility index (Phi) is 4.89. The monoisotopic (exact) mass is 279 g/mol. The maximum atomic E-state index is 12.8. The van der Waals surface area contributed by atoms with Crippen molar-refractivity contribution in [3.63, 3.8) is 0 Å². The minimum absolute atomic E-state index is 0.0389. The Morgan fingerprint density at radius 3 is 2.70 bits per heavy atom. The van der Waals surface area contributed by atoms with E-state index in [1.54, 1.807) is 12.1 Å². The topological polar surface area (TPSA) is 29.5 Å². The number of Topliss-reactive ketones (excluding diaryl/α,β-unsaturated/α-hetero) is 1. The van der Waals surface area contributed by atoms with Crippen LogP contribution in [-0.2, 0) is 4.74 Å². The average Bonchev–Trinajstić information content (AvgIpc) is 2.41. The van der Waals surface area contributed by atoms with E-state index in [4.69, 9.17) is 4.74 Å². The van der Waals surface area contributed by atoms with Crippen LogP contribution in [0.25, 0.3) is 0 Å². The van der Waals surface area contributed by atoms with E-state index in [1.165, 1.54) is 12.1 Å². The summed E-state index contributed by atoms with van der Waals surface area (Å²) in [6, 6.07) is 5.77. The van der Waals surface area contributed by atoms with Crippen LogP contribution in [-0.4, -0.2) is 42.5 Å². The molecule has 0 unspecified atom stereocenters. The second-order valence-electron chi connectivity index (χ2n) is 5.89. The lowest BCUT2D eigenvalue weighted by Gasteiger charge is -2.42. The Hall–Kier alpha value is -1.26. The van der Waals surface area contributed by atoms with E-state index in [2.05, 4.69) is 18.7 Å². The van der Waals surface area contributed by atoms with Crippen LogP contribution in [0.1, 0.15) is 37.0 Å². The number of morpholine rings is 1. The summed E-state index contributed by atoms with van der Waals surface area (Å²) in [5.41, 5.74) is 0.629. The zero-order valence-corrected chi connectivity index (χ0v) is 12.2. The number of carbonyl (C=O) groups is 1. The maximum absolute atomic E-state index is 12.8. The highest BCUT2D eigenvalue weighted by Gasteiger charge is 2.29. The molecule has 1 aliphatic heterocycles. The molecule has 110 valence electrons. The van der Waals surface area contributed by atoms with Crippen LogP contribution in [0.15, 0.2) is 24.3 Å². The van der Waals surface area contributed by atoms with Crippen molar-refractivity contribution < 1.29 is 13.9 Å². The van der Waals surface area contributed by atoms with Gasteiger partial charge < -0.3 is 4.74 Å². The fourth-order valence-electron chi connectivity index (χ4n) is 2.52. The van der Waals surface area contributed by atoms with Crippen molar-refractivity contribution in [2.75, 3.05) is 26.3 Å². The van der Waals surface area contributed by atoms with Crippen LogP contribution >= 0.6 is 0 Å². The fraction of sp³-hybridized carbons (Fsp3) is 0.562. The number of carbonyl (C=O) groups excluding carboxylic acids is 1. The van der Waals surface area contributed by atoms with E-state index in [-0.39, 0.29) is 17.1 Å². The van der Waals surface area contributed by atoms with Crippen molar-refractivity contribution in [2.45, 2.75) is 32.2 Å². The Bertz CT molecular complexity index is 456. The number of nitrogens with zero attached hydrogens (tertiary/aromatic N) is 1. The van der Waals surface area contributed by atoms with Crippen LogP contribution in [0.4, 0.5) is 4.39 Å². The highest BCUT2D eigenvalue weighted by molar-refractivity contribution is 5.95. The largest absolute Gasteiger partial charge is 0.378 e. The summed E-state index contributed by atoms with van der Waals surface area (Å²) in [6.07, 6.45) is 1.32. The van der Waals surface area contributed by atoms with E-state index in [0.29, 0.717) is 12.0 Å². The van der Waals surface area contributed by atoms with Crippen molar-refractivity contribution in [3.05, 3.63) is 35.6 Å². The smallest absolute Gasteiger partial charge is 0.162 e. The number of hydrogen-bond donors (Lipinski definition) is 0. The van der Waals surface area contributed by atoms with Gasteiger partial charge in [-0.3, -0.25) is 9.69 Å². The third-order valence-electron chi connectivity index (χ3n) is 3.81. The molecule has 1 aromatic carbocycles. The summed E-state index contributed by atoms with van der Waals surface area (Å²) in [4.78, 5) is 14.4. The summed E-state index contributed by atoms with van der Waals surface area (Å²) in [7, 11) is 0. The minimum Gasteiger partial charge on any atom is -0.378 e. The molecule has 2 rings (SSSR count). The van der Waals surface area contributed by atoms with Crippen LogP contribution in [0.5, 0.6) is 0 Å². The molecule has 0 amide bonds. The van der Waals surface area contributed by atoms with Crippen molar-refractivity contribution >= 4 is 5.78 Å². The maximum Gasteiger partial charge on any atom is 0.162 e. The van der Waals surface area contributed by atoms with Crippen molar-refractivity contribution in [2.24, 2.45) is 0 Å². The summed E-state index contributed by atoms with van der Waals surface area (Å²) in [5, 5.41) is 0. The lowest BCUT2D eigenvalue weighted by Crippen LogP contribution is -2.53. The van der Waals surface area contributed by atoms with Crippen LogP contribution < -0.4 is 0 Å². The van der Waals surface area contributed by atoms with Crippen LogP contribution in [0, 0.1) is 5.82 Å². The molecule has 20 heavy (non-hydrogen) atoms. The number of hydrogen-bond acceptors (Lipinski definition) is 3. The van der Waals surface area contributed by atoms with Gasteiger partial charge in [0.15, 0.2) is 5.78 Å². The van der Waals surface area contributed by atoms with E-state index in [1.807, 2.05) is 0 Å². The van der Waals surface area contributed by atoms with Gasteiger partial charge in [0.1, 0.15) is 5.82 Å². The molecule has 0 aromatic heterocycles. The molecule has 1 fully saturated rings. The number of halogens is 1. The first-order valence-electron chi connectivity index (χ1n) is 7.10. The summed E-state index contributed by atoms with van der Waals surface area (Å²) in [5.74, 6) is -0.229. The van der Waals surface area contributed by atoms with Gasteiger partial charge in [0.05, 0.1) is 13.2 Å². The van der Waals surface area contributed by atoms with E-state index < -0.39 is 0 Å². The third-order valence-corrected chi connectivity index (χ3v) is 3.81. The molecule has 4 heteroatoms. The zero-order valence-electron chi connectivity index (χ0n) is 12.2. The number of ether oxygens (including phenoxy) is 1. The molecule has 0 bridgehead atoms. The first-order valence-corrected chi connectivity index (χ1v) is 7.10. The van der Waals surface area contributed by atoms with Crippen molar-refractivity contribution in [1.82, 2.24) is 4.90 Å². The normalized spacial score (nSPS) is 18.9. The Morgan fingerprint density at radius 1 is 1.35 bits per heavy atom. The van der Waals surface area contributed by atoms with Gasteiger partial charge in [0.2, 0.25) is 0 Å². The first-order chi connectivity index (χ1) is 9.49. The summed E-state index contributed by atoms with van der Waals surface area (Å²) in [6.45, 7) is 7.62. The van der Waals surface area contributed by atoms with Crippen LogP contribution in [0.2, 0.25) is 0 Å². The molecule has 1 aliphatic rings. The highest BCUT2D eigenvalue weighted by atomic mass is 19.1. The molecule has 0 aliphatic carbocycles. The molecule has 1 saturated heterocycles. The Balaban J connectivity index is 1.80.